The number of rotatable bonds is 5. The molecule has 0 aromatic heterocycles. The van der Waals surface area contributed by atoms with E-state index < -0.39 is 45.5 Å². The molecule has 2 aromatic rings. The normalized spacial score (nSPS) is 11.0. The summed E-state index contributed by atoms with van der Waals surface area (Å²) in [4.78, 5) is 23.3. The highest BCUT2D eigenvalue weighted by Crippen LogP contribution is 2.12. The molecule has 0 unspecified atom stereocenters. The lowest BCUT2D eigenvalue weighted by Gasteiger charge is -2.08. The zero-order valence-electron chi connectivity index (χ0n) is 12.8. The van der Waals surface area contributed by atoms with Crippen molar-refractivity contribution in [1.29, 1.82) is 0 Å². The van der Waals surface area contributed by atoms with Gasteiger partial charge in [0.15, 0.2) is 9.84 Å². The van der Waals surface area contributed by atoms with E-state index in [-0.39, 0.29) is 10.5 Å². The molecule has 0 fully saturated rings. The molecule has 9 heteroatoms. The molecule has 0 saturated heterocycles. The number of amides is 2. The van der Waals surface area contributed by atoms with Crippen molar-refractivity contribution in [2.24, 2.45) is 0 Å². The minimum atomic E-state index is -3.75. The minimum absolute atomic E-state index is 0.1000. The van der Waals surface area contributed by atoms with E-state index in [9.17, 15) is 26.8 Å². The molecule has 2 aromatic carbocycles. The van der Waals surface area contributed by atoms with Crippen LogP contribution in [0.25, 0.3) is 0 Å². The first kappa shape index (κ1) is 18.5. The topological polar surface area (TPSA) is 92.3 Å². The van der Waals surface area contributed by atoms with Gasteiger partial charge < -0.3 is 0 Å². The molecule has 0 bridgehead atoms. The molecule has 2 N–H and O–H groups in total. The van der Waals surface area contributed by atoms with Crippen molar-refractivity contribution in [3.8, 4) is 0 Å². The van der Waals surface area contributed by atoms with E-state index in [1.807, 2.05) is 0 Å². The van der Waals surface area contributed by atoms with Gasteiger partial charge in [-0.1, -0.05) is 0 Å². The van der Waals surface area contributed by atoms with E-state index in [4.69, 9.17) is 0 Å². The molecule has 0 saturated carbocycles. The molecule has 6 nitrogen and oxygen atoms in total. The Morgan fingerprint density at radius 2 is 1.36 bits per heavy atom. The lowest BCUT2D eigenvalue weighted by atomic mass is 10.2. The van der Waals surface area contributed by atoms with Crippen LogP contribution in [-0.4, -0.2) is 26.0 Å². The fourth-order valence-electron chi connectivity index (χ4n) is 1.85. The number of carbonyl (C=O) groups is 2. The van der Waals surface area contributed by atoms with Crippen LogP contribution in [0.1, 0.15) is 16.8 Å². The van der Waals surface area contributed by atoms with Crippen molar-refractivity contribution in [1.82, 2.24) is 10.9 Å². The lowest BCUT2D eigenvalue weighted by Crippen LogP contribution is -2.42. The Balaban J connectivity index is 1.85. The summed E-state index contributed by atoms with van der Waals surface area (Å²) in [6.45, 7) is 0. The summed E-state index contributed by atoms with van der Waals surface area (Å²) in [5.41, 5.74) is 4.29. The smallest absolute Gasteiger partial charge is 0.269 e. The summed E-state index contributed by atoms with van der Waals surface area (Å²) in [5.74, 6) is -2.97. The maximum Gasteiger partial charge on any atom is 0.269 e. The molecular formula is C16H14F2N2O4S. The van der Waals surface area contributed by atoms with Gasteiger partial charge in [0.05, 0.1) is 10.6 Å². The highest BCUT2D eigenvalue weighted by Gasteiger charge is 2.17. The van der Waals surface area contributed by atoms with Crippen molar-refractivity contribution in [2.75, 3.05) is 5.75 Å². The number of sulfone groups is 1. The molecule has 0 aliphatic heterocycles. The predicted molar refractivity (Wildman–Crippen MR) is 85.1 cm³/mol. The monoisotopic (exact) mass is 368 g/mol. The first-order valence-corrected chi connectivity index (χ1v) is 8.76. The number of halogens is 2. The standard InChI is InChI=1S/C16H14F2N2O4S/c17-12-3-1-11(2-4-12)16(22)20-19-15(21)9-10-25(23,24)14-7-5-13(18)6-8-14/h1-8H,9-10H2,(H,19,21)(H,20,22). The van der Waals surface area contributed by atoms with Crippen LogP contribution >= 0.6 is 0 Å². The van der Waals surface area contributed by atoms with Crippen LogP contribution in [0.3, 0.4) is 0 Å². The highest BCUT2D eigenvalue weighted by molar-refractivity contribution is 7.91. The largest absolute Gasteiger partial charge is 0.273 e. The van der Waals surface area contributed by atoms with E-state index in [1.165, 1.54) is 12.1 Å². The van der Waals surface area contributed by atoms with Crippen LogP contribution in [0.4, 0.5) is 8.78 Å². The summed E-state index contributed by atoms with van der Waals surface area (Å²) in [6.07, 6.45) is -0.399. The van der Waals surface area contributed by atoms with Gasteiger partial charge in [-0.25, -0.2) is 17.2 Å². The Hall–Kier alpha value is -2.81. The van der Waals surface area contributed by atoms with Crippen LogP contribution in [0, 0.1) is 11.6 Å². The zero-order valence-corrected chi connectivity index (χ0v) is 13.6. The fraction of sp³-hybridized carbons (Fsp3) is 0.125. The van der Waals surface area contributed by atoms with Crippen LogP contribution < -0.4 is 10.9 Å². The number of benzene rings is 2. The number of nitrogens with one attached hydrogen (secondary N) is 2. The number of hydrogen-bond acceptors (Lipinski definition) is 4. The summed E-state index contributed by atoms with van der Waals surface area (Å²) in [5, 5.41) is 0. The zero-order chi connectivity index (χ0) is 18.4. The quantitative estimate of drug-likeness (QED) is 0.619. The molecule has 25 heavy (non-hydrogen) atoms. The van der Waals surface area contributed by atoms with Gasteiger partial charge in [0, 0.05) is 12.0 Å². The highest BCUT2D eigenvalue weighted by atomic mass is 32.2. The van der Waals surface area contributed by atoms with Crippen molar-refractivity contribution >= 4 is 21.7 Å². The second-order valence-corrected chi connectivity index (χ2v) is 7.14. The first-order valence-electron chi connectivity index (χ1n) is 7.11. The summed E-state index contributed by atoms with van der Waals surface area (Å²) in [7, 11) is -3.75. The summed E-state index contributed by atoms with van der Waals surface area (Å²) in [6, 6.07) is 8.88. The van der Waals surface area contributed by atoms with Gasteiger partial charge >= 0.3 is 0 Å². The molecule has 0 spiro atoms. The summed E-state index contributed by atoms with van der Waals surface area (Å²) < 4.78 is 49.6. The van der Waals surface area contributed by atoms with Gasteiger partial charge in [0.25, 0.3) is 5.91 Å². The van der Waals surface area contributed by atoms with Gasteiger partial charge in [-0.15, -0.1) is 0 Å². The van der Waals surface area contributed by atoms with Gasteiger partial charge in [-0.2, -0.15) is 0 Å². The SMILES string of the molecule is O=C(CCS(=O)(=O)c1ccc(F)cc1)NNC(=O)c1ccc(F)cc1. The van der Waals surface area contributed by atoms with Crippen molar-refractivity contribution in [2.45, 2.75) is 11.3 Å². The average molecular weight is 368 g/mol. The third-order valence-corrected chi connectivity index (χ3v) is 4.92. The van der Waals surface area contributed by atoms with Gasteiger partial charge in [-0.05, 0) is 48.5 Å². The van der Waals surface area contributed by atoms with E-state index in [2.05, 4.69) is 10.9 Å². The van der Waals surface area contributed by atoms with Crippen LogP contribution in [0.15, 0.2) is 53.4 Å². The lowest BCUT2D eigenvalue weighted by molar-refractivity contribution is -0.121. The van der Waals surface area contributed by atoms with Crippen LogP contribution in [0.2, 0.25) is 0 Å². The molecule has 0 heterocycles. The molecular weight excluding hydrogens is 354 g/mol. The Kier molecular flexibility index (Phi) is 5.81. The van der Waals surface area contributed by atoms with Gasteiger partial charge in [0.1, 0.15) is 11.6 Å². The molecule has 0 radical (unpaired) electrons. The van der Waals surface area contributed by atoms with E-state index in [1.54, 1.807) is 0 Å². The number of hydrogen-bond donors (Lipinski definition) is 2. The van der Waals surface area contributed by atoms with Crippen molar-refractivity contribution in [3.05, 3.63) is 65.7 Å². The molecule has 0 aliphatic rings. The van der Waals surface area contributed by atoms with Gasteiger partial charge in [-0.3, -0.25) is 20.4 Å². The third kappa shape index (κ3) is 5.35. The van der Waals surface area contributed by atoms with Crippen LogP contribution in [-0.2, 0) is 14.6 Å². The second kappa shape index (κ2) is 7.84. The maximum absolute atomic E-state index is 12.8. The second-order valence-electron chi connectivity index (χ2n) is 5.03. The molecule has 0 atom stereocenters. The molecule has 0 aliphatic carbocycles. The van der Waals surface area contributed by atoms with E-state index in [0.717, 1.165) is 36.4 Å². The van der Waals surface area contributed by atoms with Crippen molar-refractivity contribution < 1.29 is 26.8 Å². The average Bonchev–Trinajstić information content (AvgIpc) is 2.59. The predicted octanol–water partition coefficient (Wildman–Crippen LogP) is 1.59. The first-order chi connectivity index (χ1) is 11.8. The van der Waals surface area contributed by atoms with Crippen molar-refractivity contribution in [3.63, 3.8) is 0 Å². The Labute approximate surface area is 142 Å². The van der Waals surface area contributed by atoms with Gasteiger partial charge in [0.2, 0.25) is 5.91 Å². The summed E-state index contributed by atoms with van der Waals surface area (Å²) >= 11 is 0. The minimum Gasteiger partial charge on any atom is -0.273 e. The molecule has 132 valence electrons. The number of hydrazine groups is 1. The molecule has 2 amide bonds. The van der Waals surface area contributed by atoms with Crippen LogP contribution in [0.5, 0.6) is 0 Å². The Morgan fingerprint density at radius 3 is 1.92 bits per heavy atom. The van der Waals surface area contributed by atoms with E-state index in [0.29, 0.717) is 0 Å². The Bertz CT molecular complexity index is 866. The number of carbonyl (C=O) groups excluding carboxylic acids is 2. The van der Waals surface area contributed by atoms with E-state index >= 15 is 0 Å². The molecule has 2 rings (SSSR count). The fourth-order valence-corrected chi connectivity index (χ4v) is 3.09. The third-order valence-electron chi connectivity index (χ3n) is 3.19. The maximum atomic E-state index is 12.8. The Morgan fingerprint density at radius 1 is 0.840 bits per heavy atom.